The van der Waals surface area contributed by atoms with Gasteiger partial charge in [0, 0.05) is 5.56 Å². The van der Waals surface area contributed by atoms with Gasteiger partial charge < -0.3 is 14.6 Å². The van der Waals surface area contributed by atoms with Crippen LogP contribution in [0.3, 0.4) is 0 Å². The molecule has 0 fully saturated rings. The molecule has 1 aromatic carbocycles. The van der Waals surface area contributed by atoms with Crippen molar-refractivity contribution in [3.05, 3.63) is 23.3 Å². The van der Waals surface area contributed by atoms with Crippen LogP contribution in [0, 0.1) is 0 Å². The lowest BCUT2D eigenvalue weighted by Gasteiger charge is -2.18. The SMILES string of the molecule is CC.CC.COc1ccc2c(c1O)COC(=O)C2. The van der Waals surface area contributed by atoms with Crippen LogP contribution >= 0.6 is 0 Å². The number of ether oxygens (including phenoxy) is 2. The van der Waals surface area contributed by atoms with Gasteiger partial charge in [-0.3, -0.25) is 4.79 Å². The molecule has 0 saturated carbocycles. The Hall–Kier alpha value is -1.71. The molecule has 0 saturated heterocycles. The van der Waals surface area contributed by atoms with Crippen molar-refractivity contribution in [2.75, 3.05) is 7.11 Å². The molecule has 0 atom stereocenters. The zero-order valence-corrected chi connectivity index (χ0v) is 11.7. The molecule has 0 spiro atoms. The number of aromatic hydroxyl groups is 1. The number of hydrogen-bond donors (Lipinski definition) is 1. The molecule has 1 N–H and O–H groups in total. The van der Waals surface area contributed by atoms with E-state index in [0.717, 1.165) is 5.56 Å². The van der Waals surface area contributed by atoms with E-state index < -0.39 is 0 Å². The summed E-state index contributed by atoms with van der Waals surface area (Å²) in [4.78, 5) is 11.0. The van der Waals surface area contributed by atoms with E-state index in [1.807, 2.05) is 27.7 Å². The van der Waals surface area contributed by atoms with Gasteiger partial charge in [-0.1, -0.05) is 33.8 Å². The molecule has 0 unspecified atom stereocenters. The number of methoxy groups -OCH3 is 1. The summed E-state index contributed by atoms with van der Waals surface area (Å²) in [6.07, 6.45) is 0.215. The second kappa shape index (κ2) is 8.39. The van der Waals surface area contributed by atoms with Crippen molar-refractivity contribution in [2.24, 2.45) is 0 Å². The standard InChI is InChI=1S/C10H10O4.2C2H6/c1-13-8-3-2-6-4-9(11)14-5-7(6)10(8)12;2*1-2/h2-3,12H,4-5H2,1H3;2*1-2H3. The van der Waals surface area contributed by atoms with Crippen LogP contribution < -0.4 is 4.74 Å². The lowest BCUT2D eigenvalue weighted by atomic mass is 10.0. The molecule has 0 radical (unpaired) electrons. The zero-order chi connectivity index (χ0) is 14.1. The van der Waals surface area contributed by atoms with Gasteiger partial charge in [-0.15, -0.1) is 0 Å². The van der Waals surface area contributed by atoms with E-state index in [4.69, 9.17) is 9.47 Å². The number of esters is 1. The maximum atomic E-state index is 11.0. The Kier molecular flexibility index (Phi) is 7.59. The van der Waals surface area contributed by atoms with Crippen molar-refractivity contribution in [3.63, 3.8) is 0 Å². The highest BCUT2D eigenvalue weighted by atomic mass is 16.5. The van der Waals surface area contributed by atoms with Gasteiger partial charge in [-0.2, -0.15) is 0 Å². The van der Waals surface area contributed by atoms with Gasteiger partial charge in [0.2, 0.25) is 0 Å². The van der Waals surface area contributed by atoms with E-state index in [9.17, 15) is 9.90 Å². The van der Waals surface area contributed by atoms with E-state index in [0.29, 0.717) is 11.3 Å². The third kappa shape index (κ3) is 3.65. The van der Waals surface area contributed by atoms with Gasteiger partial charge in [0.15, 0.2) is 11.5 Å². The largest absolute Gasteiger partial charge is 0.504 e. The number of cyclic esters (lactones) is 1. The molecule has 0 bridgehead atoms. The zero-order valence-electron chi connectivity index (χ0n) is 11.7. The van der Waals surface area contributed by atoms with Gasteiger partial charge in [-0.05, 0) is 11.6 Å². The van der Waals surface area contributed by atoms with Crippen molar-refractivity contribution < 1.29 is 19.4 Å². The van der Waals surface area contributed by atoms with Gasteiger partial charge >= 0.3 is 5.97 Å². The average molecular weight is 254 g/mol. The topological polar surface area (TPSA) is 55.8 Å². The molecule has 1 aliphatic rings. The van der Waals surface area contributed by atoms with Crippen LogP contribution in [0.25, 0.3) is 0 Å². The van der Waals surface area contributed by atoms with E-state index in [1.54, 1.807) is 12.1 Å². The third-order valence-electron chi connectivity index (χ3n) is 2.27. The minimum Gasteiger partial charge on any atom is -0.504 e. The van der Waals surface area contributed by atoms with Crippen molar-refractivity contribution >= 4 is 5.97 Å². The molecule has 1 aliphatic heterocycles. The fraction of sp³-hybridized carbons (Fsp3) is 0.500. The molecule has 1 aromatic rings. The maximum Gasteiger partial charge on any atom is 0.310 e. The minimum absolute atomic E-state index is 0.0671. The summed E-state index contributed by atoms with van der Waals surface area (Å²) < 4.78 is 9.78. The van der Waals surface area contributed by atoms with Crippen LogP contribution in [0.5, 0.6) is 11.5 Å². The Morgan fingerprint density at radius 3 is 2.39 bits per heavy atom. The Balaban J connectivity index is 0.000000659. The first-order valence-electron chi connectivity index (χ1n) is 6.25. The first-order valence-corrected chi connectivity index (χ1v) is 6.25. The summed E-state index contributed by atoms with van der Waals surface area (Å²) in [6.45, 7) is 8.12. The lowest BCUT2D eigenvalue weighted by molar-refractivity contribution is -0.145. The highest BCUT2D eigenvalue weighted by molar-refractivity contribution is 5.75. The Bertz CT molecular complexity index is 386. The molecule has 102 valence electrons. The summed E-state index contributed by atoms with van der Waals surface area (Å²) >= 11 is 0. The Morgan fingerprint density at radius 1 is 1.22 bits per heavy atom. The summed E-state index contributed by atoms with van der Waals surface area (Å²) in [6, 6.07) is 3.42. The number of fused-ring (bicyclic) bond motifs is 1. The fourth-order valence-electron chi connectivity index (χ4n) is 1.51. The quantitative estimate of drug-likeness (QED) is 0.782. The van der Waals surface area contributed by atoms with Gasteiger partial charge in [-0.25, -0.2) is 0 Å². The van der Waals surface area contributed by atoms with Crippen LogP contribution in [0.2, 0.25) is 0 Å². The van der Waals surface area contributed by atoms with E-state index in [1.165, 1.54) is 7.11 Å². The average Bonchev–Trinajstić information content (AvgIpc) is 2.43. The van der Waals surface area contributed by atoms with Gasteiger partial charge in [0.1, 0.15) is 6.61 Å². The minimum atomic E-state index is -0.262. The summed E-state index contributed by atoms with van der Waals surface area (Å²) in [5.41, 5.74) is 1.45. The molecule has 2 rings (SSSR count). The molecular formula is C14H22O4. The first kappa shape index (κ1) is 16.3. The number of carbonyl (C=O) groups excluding carboxylic acids is 1. The molecule has 18 heavy (non-hydrogen) atoms. The molecule has 4 nitrogen and oxygen atoms in total. The molecular weight excluding hydrogens is 232 g/mol. The Morgan fingerprint density at radius 2 is 1.83 bits per heavy atom. The number of phenolic OH excluding ortho intramolecular Hbond substituents is 1. The van der Waals surface area contributed by atoms with Crippen LogP contribution in [-0.4, -0.2) is 18.2 Å². The van der Waals surface area contributed by atoms with Crippen LogP contribution in [-0.2, 0) is 22.6 Å². The maximum absolute atomic E-state index is 11.0. The molecule has 4 heteroatoms. The summed E-state index contributed by atoms with van der Waals surface area (Å²) in [5.74, 6) is 0.210. The summed E-state index contributed by atoms with van der Waals surface area (Å²) in [5, 5.41) is 9.70. The van der Waals surface area contributed by atoms with Crippen molar-refractivity contribution in [2.45, 2.75) is 40.7 Å². The van der Waals surface area contributed by atoms with Crippen LogP contribution in [0.4, 0.5) is 0 Å². The molecule has 0 aliphatic carbocycles. The van der Waals surface area contributed by atoms with E-state index >= 15 is 0 Å². The molecule has 1 heterocycles. The monoisotopic (exact) mass is 254 g/mol. The van der Waals surface area contributed by atoms with Crippen molar-refractivity contribution in [1.82, 2.24) is 0 Å². The number of benzene rings is 1. The summed E-state index contributed by atoms with van der Waals surface area (Å²) in [7, 11) is 1.48. The molecule has 0 aromatic heterocycles. The second-order valence-corrected chi connectivity index (χ2v) is 3.09. The molecule has 0 amide bonds. The van der Waals surface area contributed by atoms with Gasteiger partial charge in [0.05, 0.1) is 13.5 Å². The van der Waals surface area contributed by atoms with Crippen molar-refractivity contribution in [1.29, 1.82) is 0 Å². The number of rotatable bonds is 1. The van der Waals surface area contributed by atoms with Crippen LogP contribution in [0.15, 0.2) is 12.1 Å². The van der Waals surface area contributed by atoms with Crippen molar-refractivity contribution in [3.8, 4) is 11.5 Å². The van der Waals surface area contributed by atoms with Gasteiger partial charge in [0.25, 0.3) is 0 Å². The predicted molar refractivity (Wildman–Crippen MR) is 70.9 cm³/mol. The number of hydrogen-bond acceptors (Lipinski definition) is 4. The van der Waals surface area contributed by atoms with Crippen LogP contribution in [0.1, 0.15) is 38.8 Å². The highest BCUT2D eigenvalue weighted by Crippen LogP contribution is 2.34. The Labute approximate surface area is 109 Å². The normalized spacial score (nSPS) is 11.9. The number of phenols is 1. The second-order valence-electron chi connectivity index (χ2n) is 3.09. The third-order valence-corrected chi connectivity index (χ3v) is 2.27. The number of carbonyl (C=O) groups is 1. The van der Waals surface area contributed by atoms with E-state index in [-0.39, 0.29) is 24.7 Å². The van der Waals surface area contributed by atoms with E-state index in [2.05, 4.69) is 0 Å². The lowest BCUT2D eigenvalue weighted by Crippen LogP contribution is -2.16. The first-order chi connectivity index (χ1) is 8.72. The fourth-order valence-corrected chi connectivity index (χ4v) is 1.51. The predicted octanol–water partition coefficient (Wildman–Crippen LogP) is 3.05. The highest BCUT2D eigenvalue weighted by Gasteiger charge is 2.21. The smallest absolute Gasteiger partial charge is 0.310 e.